The molecule has 1 amide bonds. The minimum atomic E-state index is 0.0527. The Morgan fingerprint density at radius 1 is 0.939 bits per heavy atom. The lowest BCUT2D eigenvalue weighted by Gasteiger charge is -2.23. The van der Waals surface area contributed by atoms with Gasteiger partial charge >= 0.3 is 0 Å². The molecule has 2 heterocycles. The van der Waals surface area contributed by atoms with Crippen molar-refractivity contribution in [1.29, 1.82) is 0 Å². The molecule has 0 atom stereocenters. The Morgan fingerprint density at radius 3 is 2.36 bits per heavy atom. The number of aromatic nitrogens is 2. The summed E-state index contributed by atoms with van der Waals surface area (Å²) in [7, 11) is 0. The van der Waals surface area contributed by atoms with Gasteiger partial charge in [-0.1, -0.05) is 78.4 Å². The number of amides is 1. The second kappa shape index (κ2) is 9.43. The Labute approximate surface area is 197 Å². The van der Waals surface area contributed by atoms with Gasteiger partial charge in [0.2, 0.25) is 0 Å². The molecule has 164 valence electrons. The fourth-order valence-corrected chi connectivity index (χ4v) is 4.85. The lowest BCUT2D eigenvalue weighted by atomic mass is 10.1. The molecule has 33 heavy (non-hydrogen) atoms. The van der Waals surface area contributed by atoms with Gasteiger partial charge in [0.05, 0.1) is 5.69 Å². The molecule has 0 fully saturated rings. The first-order valence-corrected chi connectivity index (χ1v) is 12.0. The predicted molar refractivity (Wildman–Crippen MR) is 135 cm³/mol. The monoisotopic (exact) mass is 451 g/mol. The molecular weight excluding hydrogens is 426 g/mol. The number of aryl methyl sites for hydroxylation is 1. The van der Waals surface area contributed by atoms with E-state index < -0.39 is 0 Å². The molecule has 4 nitrogen and oxygen atoms in total. The Kier molecular flexibility index (Phi) is 6.05. The first-order valence-electron chi connectivity index (χ1n) is 11.1. The molecule has 0 N–H and O–H groups in total. The van der Waals surface area contributed by atoms with Crippen LogP contribution >= 0.6 is 11.3 Å². The van der Waals surface area contributed by atoms with E-state index in [1.807, 2.05) is 53.4 Å². The lowest BCUT2D eigenvalue weighted by Crippen LogP contribution is -2.32. The summed E-state index contributed by atoms with van der Waals surface area (Å²) in [6.45, 7) is 3.30. The van der Waals surface area contributed by atoms with Crippen LogP contribution in [-0.2, 0) is 13.0 Å². The van der Waals surface area contributed by atoms with Gasteiger partial charge in [0, 0.05) is 47.9 Å². The number of hydrogen-bond donors (Lipinski definition) is 0. The molecule has 0 saturated heterocycles. The Balaban J connectivity index is 1.38. The summed E-state index contributed by atoms with van der Waals surface area (Å²) in [5.41, 5.74) is 6.34. The molecule has 0 radical (unpaired) electrons. The molecule has 0 aliphatic carbocycles. The standard InChI is InChI=1S/C28H25N3OS/c1-21-12-14-23(15-13-21)26-19-31-25(20-33-28(31)29-26)16-17-30(18-22-8-4-2-5-9-22)27(32)24-10-6-3-7-11-24/h2-15,19-20H,16-18H2,1H3. The van der Waals surface area contributed by atoms with Gasteiger partial charge in [-0.25, -0.2) is 4.98 Å². The summed E-state index contributed by atoms with van der Waals surface area (Å²) in [6.07, 6.45) is 2.86. The van der Waals surface area contributed by atoms with Crippen LogP contribution in [0, 0.1) is 6.92 Å². The van der Waals surface area contributed by atoms with Crippen LogP contribution in [0.3, 0.4) is 0 Å². The predicted octanol–water partition coefficient (Wildman–Crippen LogP) is 6.26. The number of benzene rings is 3. The second-order valence-electron chi connectivity index (χ2n) is 8.20. The summed E-state index contributed by atoms with van der Waals surface area (Å²) in [5, 5.41) is 2.15. The van der Waals surface area contributed by atoms with Gasteiger partial charge in [0.25, 0.3) is 5.91 Å². The molecule has 5 heteroatoms. The molecule has 2 aromatic heterocycles. The molecule has 5 aromatic rings. The summed E-state index contributed by atoms with van der Waals surface area (Å²) in [4.78, 5) is 21.0. The Hall–Kier alpha value is -3.70. The normalized spacial score (nSPS) is 11.1. The van der Waals surface area contributed by atoms with Gasteiger partial charge in [0.1, 0.15) is 0 Å². The number of rotatable bonds is 7. The van der Waals surface area contributed by atoms with Gasteiger partial charge in [0.15, 0.2) is 4.96 Å². The topological polar surface area (TPSA) is 37.6 Å². The number of carbonyl (C=O) groups is 1. The maximum absolute atomic E-state index is 13.3. The van der Waals surface area contributed by atoms with Crippen molar-refractivity contribution in [1.82, 2.24) is 14.3 Å². The van der Waals surface area contributed by atoms with E-state index in [1.165, 1.54) is 11.3 Å². The fraction of sp³-hybridized carbons (Fsp3) is 0.143. The Bertz CT molecular complexity index is 1360. The van der Waals surface area contributed by atoms with Crippen LogP contribution in [0.15, 0.2) is 96.5 Å². The zero-order valence-electron chi connectivity index (χ0n) is 18.5. The van der Waals surface area contributed by atoms with Gasteiger partial charge in [-0.15, -0.1) is 11.3 Å². The first kappa shape index (κ1) is 21.2. The van der Waals surface area contributed by atoms with Crippen LogP contribution in [0.1, 0.15) is 27.2 Å². The fourth-order valence-electron chi connectivity index (χ4n) is 3.94. The average molecular weight is 452 g/mol. The SMILES string of the molecule is Cc1ccc(-c2cn3c(CCN(Cc4ccccc4)C(=O)c4ccccc4)csc3n2)cc1. The third kappa shape index (κ3) is 4.73. The van der Waals surface area contributed by atoms with E-state index in [2.05, 4.69) is 59.3 Å². The quantitative estimate of drug-likeness (QED) is 0.293. The van der Waals surface area contributed by atoms with E-state index in [1.54, 1.807) is 11.3 Å². The highest BCUT2D eigenvalue weighted by Gasteiger charge is 2.17. The Morgan fingerprint density at radius 2 is 1.64 bits per heavy atom. The average Bonchev–Trinajstić information content (AvgIpc) is 3.44. The molecule has 0 aliphatic rings. The number of imidazole rings is 1. The zero-order chi connectivity index (χ0) is 22.6. The van der Waals surface area contributed by atoms with Crippen molar-refractivity contribution >= 4 is 22.2 Å². The molecule has 0 aliphatic heterocycles. The lowest BCUT2D eigenvalue weighted by molar-refractivity contribution is 0.0744. The number of carbonyl (C=O) groups excluding carboxylic acids is 1. The molecule has 0 unspecified atom stereocenters. The largest absolute Gasteiger partial charge is 0.334 e. The first-order chi connectivity index (χ1) is 16.2. The van der Waals surface area contributed by atoms with Crippen LogP contribution in [0.25, 0.3) is 16.2 Å². The third-order valence-corrected chi connectivity index (χ3v) is 6.68. The van der Waals surface area contributed by atoms with Crippen molar-refractivity contribution in [3.8, 4) is 11.3 Å². The molecule has 0 bridgehead atoms. The second-order valence-corrected chi connectivity index (χ2v) is 9.04. The number of hydrogen-bond acceptors (Lipinski definition) is 3. The molecular formula is C28H25N3OS. The van der Waals surface area contributed by atoms with Crippen molar-refractivity contribution in [3.05, 3.63) is 119 Å². The van der Waals surface area contributed by atoms with Crippen LogP contribution in [-0.4, -0.2) is 26.7 Å². The van der Waals surface area contributed by atoms with E-state index in [4.69, 9.17) is 4.98 Å². The molecule has 3 aromatic carbocycles. The van der Waals surface area contributed by atoms with Crippen LogP contribution in [0.2, 0.25) is 0 Å². The van der Waals surface area contributed by atoms with Crippen molar-refractivity contribution in [2.45, 2.75) is 19.9 Å². The van der Waals surface area contributed by atoms with Gasteiger partial charge in [-0.05, 0) is 24.6 Å². The van der Waals surface area contributed by atoms with Crippen molar-refractivity contribution in [3.63, 3.8) is 0 Å². The number of thiazole rings is 1. The van der Waals surface area contributed by atoms with Crippen molar-refractivity contribution in [2.75, 3.05) is 6.54 Å². The molecule has 0 spiro atoms. The van der Waals surface area contributed by atoms with Crippen molar-refractivity contribution in [2.24, 2.45) is 0 Å². The van der Waals surface area contributed by atoms with E-state index in [-0.39, 0.29) is 5.91 Å². The van der Waals surface area contributed by atoms with E-state index in [9.17, 15) is 4.79 Å². The highest BCUT2D eigenvalue weighted by atomic mass is 32.1. The number of fused-ring (bicyclic) bond motifs is 1. The third-order valence-electron chi connectivity index (χ3n) is 5.79. The minimum Gasteiger partial charge on any atom is -0.334 e. The number of nitrogens with zero attached hydrogens (tertiary/aromatic N) is 3. The maximum Gasteiger partial charge on any atom is 0.254 e. The summed E-state index contributed by atoms with van der Waals surface area (Å²) in [5.74, 6) is 0.0527. The zero-order valence-corrected chi connectivity index (χ0v) is 19.3. The summed E-state index contributed by atoms with van der Waals surface area (Å²) >= 11 is 1.64. The van der Waals surface area contributed by atoms with Gasteiger partial charge in [-0.3, -0.25) is 9.20 Å². The summed E-state index contributed by atoms with van der Waals surface area (Å²) < 4.78 is 2.16. The van der Waals surface area contributed by atoms with Crippen LogP contribution in [0.4, 0.5) is 0 Å². The highest BCUT2D eigenvalue weighted by Crippen LogP contribution is 2.24. The highest BCUT2D eigenvalue weighted by molar-refractivity contribution is 7.15. The summed E-state index contributed by atoms with van der Waals surface area (Å²) in [6, 6.07) is 28.1. The molecule has 0 saturated carbocycles. The smallest absolute Gasteiger partial charge is 0.254 e. The van der Waals surface area contributed by atoms with E-state index in [0.717, 1.165) is 28.2 Å². The minimum absolute atomic E-state index is 0.0527. The maximum atomic E-state index is 13.3. The van der Waals surface area contributed by atoms with Crippen LogP contribution < -0.4 is 0 Å². The van der Waals surface area contributed by atoms with Gasteiger partial charge in [-0.2, -0.15) is 0 Å². The van der Waals surface area contributed by atoms with Crippen LogP contribution in [0.5, 0.6) is 0 Å². The van der Waals surface area contributed by atoms with Crippen molar-refractivity contribution < 1.29 is 4.79 Å². The van der Waals surface area contributed by atoms with Gasteiger partial charge < -0.3 is 4.90 Å². The van der Waals surface area contributed by atoms with E-state index >= 15 is 0 Å². The molecule has 5 rings (SSSR count). The van der Waals surface area contributed by atoms with E-state index in [0.29, 0.717) is 18.7 Å².